The van der Waals surface area contributed by atoms with Crippen molar-refractivity contribution >= 4 is 28.3 Å². The second-order valence-electron chi connectivity index (χ2n) is 5.13. The average Bonchev–Trinajstić information content (AvgIpc) is 3.02. The standard InChI is InChI=1S/C14H15N3O3S/c1-6-10(7(2)15-11(6)13(19)20)12(18)17-14-16-8-4-3-5-9(8)21-14/h15H,3-5H2,1-2H3,(H,19,20)(H,16,17,18). The molecule has 1 aliphatic rings. The number of carboxylic acid groups (broad SMARTS) is 1. The summed E-state index contributed by atoms with van der Waals surface area (Å²) in [6.07, 6.45) is 3.11. The van der Waals surface area contributed by atoms with Crippen LogP contribution in [0.15, 0.2) is 0 Å². The fourth-order valence-corrected chi connectivity index (χ4v) is 3.75. The van der Waals surface area contributed by atoms with Gasteiger partial charge in [0.15, 0.2) is 5.13 Å². The lowest BCUT2D eigenvalue weighted by Gasteiger charge is -2.02. The summed E-state index contributed by atoms with van der Waals surface area (Å²) in [4.78, 5) is 31.8. The van der Waals surface area contributed by atoms with E-state index in [-0.39, 0.29) is 11.6 Å². The maximum atomic E-state index is 12.4. The summed E-state index contributed by atoms with van der Waals surface area (Å²) < 4.78 is 0. The Morgan fingerprint density at radius 3 is 2.71 bits per heavy atom. The first-order valence-electron chi connectivity index (χ1n) is 6.69. The Labute approximate surface area is 125 Å². The summed E-state index contributed by atoms with van der Waals surface area (Å²) in [6, 6.07) is 0. The highest BCUT2D eigenvalue weighted by atomic mass is 32.1. The topological polar surface area (TPSA) is 95.1 Å². The van der Waals surface area contributed by atoms with E-state index >= 15 is 0 Å². The second-order valence-corrected chi connectivity index (χ2v) is 6.21. The number of thiazole rings is 1. The molecule has 3 N–H and O–H groups in total. The molecule has 6 nitrogen and oxygen atoms in total. The number of rotatable bonds is 3. The van der Waals surface area contributed by atoms with Gasteiger partial charge in [-0.05, 0) is 38.7 Å². The van der Waals surface area contributed by atoms with Crippen LogP contribution in [-0.2, 0) is 12.8 Å². The van der Waals surface area contributed by atoms with Crippen molar-refractivity contribution in [3.63, 3.8) is 0 Å². The van der Waals surface area contributed by atoms with Crippen LogP contribution < -0.4 is 5.32 Å². The fraction of sp³-hybridized carbons (Fsp3) is 0.357. The zero-order chi connectivity index (χ0) is 15.1. The van der Waals surface area contributed by atoms with Crippen molar-refractivity contribution in [1.82, 2.24) is 9.97 Å². The molecule has 0 aromatic carbocycles. The van der Waals surface area contributed by atoms with Crippen molar-refractivity contribution in [2.24, 2.45) is 0 Å². The number of anilines is 1. The highest BCUT2D eigenvalue weighted by Crippen LogP contribution is 2.31. The van der Waals surface area contributed by atoms with Crippen LogP contribution in [0, 0.1) is 13.8 Å². The molecule has 0 fully saturated rings. The van der Waals surface area contributed by atoms with Gasteiger partial charge in [-0.15, -0.1) is 11.3 Å². The van der Waals surface area contributed by atoms with E-state index in [1.807, 2.05) is 0 Å². The number of H-pyrrole nitrogens is 1. The molecule has 1 aliphatic carbocycles. The van der Waals surface area contributed by atoms with Gasteiger partial charge in [0.25, 0.3) is 5.91 Å². The number of carbonyl (C=O) groups is 2. The third-order valence-electron chi connectivity index (χ3n) is 3.69. The molecule has 3 rings (SSSR count). The molecule has 2 aromatic heterocycles. The number of aryl methyl sites for hydroxylation is 3. The number of aromatic amines is 1. The van der Waals surface area contributed by atoms with E-state index in [0.717, 1.165) is 25.0 Å². The van der Waals surface area contributed by atoms with Gasteiger partial charge in [-0.3, -0.25) is 10.1 Å². The maximum Gasteiger partial charge on any atom is 0.352 e. The summed E-state index contributed by atoms with van der Waals surface area (Å²) >= 11 is 1.50. The van der Waals surface area contributed by atoms with Crippen molar-refractivity contribution in [2.75, 3.05) is 5.32 Å². The number of aromatic carboxylic acids is 1. The van der Waals surface area contributed by atoms with Crippen molar-refractivity contribution in [3.8, 4) is 0 Å². The Balaban J connectivity index is 1.86. The third kappa shape index (κ3) is 2.33. The molecular weight excluding hydrogens is 290 g/mol. The predicted molar refractivity (Wildman–Crippen MR) is 79.3 cm³/mol. The molecule has 21 heavy (non-hydrogen) atoms. The van der Waals surface area contributed by atoms with E-state index in [4.69, 9.17) is 5.11 Å². The summed E-state index contributed by atoms with van der Waals surface area (Å²) in [7, 11) is 0. The molecule has 2 aromatic rings. The number of aromatic nitrogens is 2. The van der Waals surface area contributed by atoms with Gasteiger partial charge in [-0.25, -0.2) is 9.78 Å². The number of carbonyl (C=O) groups excluding carboxylic acids is 1. The Hall–Kier alpha value is -2.15. The number of carboxylic acids is 1. The SMILES string of the molecule is Cc1[nH]c(C(=O)O)c(C)c1C(=O)Nc1nc2c(s1)CCC2. The van der Waals surface area contributed by atoms with Gasteiger partial charge in [-0.1, -0.05) is 0 Å². The highest BCUT2D eigenvalue weighted by Gasteiger charge is 2.23. The number of amides is 1. The molecule has 1 amide bonds. The smallest absolute Gasteiger partial charge is 0.352 e. The number of fused-ring (bicyclic) bond motifs is 1. The summed E-state index contributed by atoms with van der Waals surface area (Å²) in [6.45, 7) is 3.32. The quantitative estimate of drug-likeness (QED) is 0.812. The van der Waals surface area contributed by atoms with Gasteiger partial charge in [0.1, 0.15) is 5.69 Å². The molecule has 0 saturated heterocycles. The molecule has 0 aliphatic heterocycles. The summed E-state index contributed by atoms with van der Waals surface area (Å²) in [5.41, 5.74) is 2.50. The van der Waals surface area contributed by atoms with Crippen molar-refractivity contribution in [3.05, 3.63) is 33.1 Å². The summed E-state index contributed by atoms with van der Waals surface area (Å²) in [5.74, 6) is -1.39. The lowest BCUT2D eigenvalue weighted by atomic mass is 10.1. The Morgan fingerprint density at radius 2 is 2.10 bits per heavy atom. The Kier molecular flexibility index (Phi) is 3.29. The van der Waals surface area contributed by atoms with Crippen LogP contribution in [0.1, 0.15) is 49.1 Å². The van der Waals surface area contributed by atoms with Crippen LogP contribution in [0.3, 0.4) is 0 Å². The normalized spacial score (nSPS) is 13.2. The number of hydrogen-bond donors (Lipinski definition) is 3. The van der Waals surface area contributed by atoms with Crippen LogP contribution in [0.4, 0.5) is 5.13 Å². The van der Waals surface area contributed by atoms with Crippen LogP contribution in [-0.4, -0.2) is 27.0 Å². The van der Waals surface area contributed by atoms with Crippen molar-refractivity contribution in [2.45, 2.75) is 33.1 Å². The summed E-state index contributed by atoms with van der Waals surface area (Å²) in [5, 5.41) is 12.4. The maximum absolute atomic E-state index is 12.4. The third-order valence-corrected chi connectivity index (χ3v) is 4.77. The van der Waals surface area contributed by atoms with E-state index in [0.29, 0.717) is 22.0 Å². The van der Waals surface area contributed by atoms with Gasteiger partial charge in [0.05, 0.1) is 11.3 Å². The van der Waals surface area contributed by atoms with Crippen LogP contribution in [0.2, 0.25) is 0 Å². The number of nitrogens with zero attached hydrogens (tertiary/aromatic N) is 1. The van der Waals surface area contributed by atoms with E-state index in [1.54, 1.807) is 13.8 Å². The van der Waals surface area contributed by atoms with Crippen LogP contribution >= 0.6 is 11.3 Å². The molecule has 0 unspecified atom stereocenters. The molecule has 0 saturated carbocycles. The van der Waals surface area contributed by atoms with Crippen LogP contribution in [0.5, 0.6) is 0 Å². The van der Waals surface area contributed by atoms with Gasteiger partial charge >= 0.3 is 5.97 Å². The van der Waals surface area contributed by atoms with E-state index in [9.17, 15) is 9.59 Å². The van der Waals surface area contributed by atoms with Gasteiger partial charge in [0.2, 0.25) is 0 Å². The number of hydrogen-bond acceptors (Lipinski definition) is 4. The predicted octanol–water partition coefficient (Wildman–Crippen LogP) is 2.53. The molecule has 7 heteroatoms. The minimum Gasteiger partial charge on any atom is -0.477 e. The lowest BCUT2D eigenvalue weighted by molar-refractivity contribution is 0.0690. The van der Waals surface area contributed by atoms with Gasteiger partial charge in [0, 0.05) is 10.6 Å². The first-order valence-corrected chi connectivity index (χ1v) is 7.51. The molecule has 0 spiro atoms. The van der Waals surface area contributed by atoms with Gasteiger partial charge in [-0.2, -0.15) is 0 Å². The largest absolute Gasteiger partial charge is 0.477 e. The fourth-order valence-electron chi connectivity index (χ4n) is 2.71. The molecule has 0 atom stereocenters. The van der Waals surface area contributed by atoms with Crippen LogP contribution in [0.25, 0.3) is 0 Å². The first kappa shape index (κ1) is 13.8. The molecule has 2 heterocycles. The monoisotopic (exact) mass is 305 g/mol. The Morgan fingerprint density at radius 1 is 1.33 bits per heavy atom. The van der Waals surface area contributed by atoms with Crippen molar-refractivity contribution in [1.29, 1.82) is 0 Å². The van der Waals surface area contributed by atoms with E-state index in [2.05, 4.69) is 15.3 Å². The number of nitrogens with one attached hydrogen (secondary N) is 2. The van der Waals surface area contributed by atoms with E-state index in [1.165, 1.54) is 16.2 Å². The molecule has 0 bridgehead atoms. The minimum atomic E-state index is -1.07. The second kappa shape index (κ2) is 5.00. The lowest BCUT2D eigenvalue weighted by Crippen LogP contribution is -2.14. The Bertz CT molecular complexity index is 723. The molecule has 0 radical (unpaired) electrons. The first-order chi connectivity index (χ1) is 9.97. The molecular formula is C14H15N3O3S. The van der Waals surface area contributed by atoms with Crippen molar-refractivity contribution < 1.29 is 14.7 Å². The minimum absolute atomic E-state index is 0.0549. The average molecular weight is 305 g/mol. The highest BCUT2D eigenvalue weighted by molar-refractivity contribution is 7.16. The zero-order valence-electron chi connectivity index (χ0n) is 11.7. The molecule has 110 valence electrons. The van der Waals surface area contributed by atoms with E-state index < -0.39 is 5.97 Å². The zero-order valence-corrected chi connectivity index (χ0v) is 12.6. The van der Waals surface area contributed by atoms with Gasteiger partial charge < -0.3 is 10.1 Å².